The Morgan fingerprint density at radius 2 is 1.65 bits per heavy atom. The van der Waals surface area contributed by atoms with Crippen LogP contribution in [0, 0.1) is 0 Å². The normalized spacial score (nSPS) is 10.8. The van der Waals surface area contributed by atoms with Crippen molar-refractivity contribution in [3.8, 4) is 0 Å². The van der Waals surface area contributed by atoms with Crippen LogP contribution in [0.1, 0.15) is 5.56 Å². The zero-order chi connectivity index (χ0) is 14.6. The third-order valence-electron chi connectivity index (χ3n) is 2.82. The van der Waals surface area contributed by atoms with Gasteiger partial charge in [-0.25, -0.2) is 0 Å². The van der Waals surface area contributed by atoms with Gasteiger partial charge in [0.1, 0.15) is 6.61 Å². The Balaban J connectivity index is 2.32. The largest absolute Gasteiger partial charge is 0.460 e. The SMILES string of the molecule is COCCN(CCOC)CC(=O)OCc1ccccc1. The minimum absolute atomic E-state index is 0.235. The first-order chi connectivity index (χ1) is 9.76. The molecule has 0 unspecified atom stereocenters. The van der Waals surface area contributed by atoms with E-state index in [9.17, 15) is 4.79 Å². The molecule has 1 aromatic rings. The molecule has 0 saturated heterocycles. The van der Waals surface area contributed by atoms with E-state index in [1.807, 2.05) is 35.2 Å². The van der Waals surface area contributed by atoms with Crippen LogP contribution < -0.4 is 0 Å². The van der Waals surface area contributed by atoms with Gasteiger partial charge in [-0.05, 0) is 5.56 Å². The highest BCUT2D eigenvalue weighted by molar-refractivity contribution is 5.71. The molecule has 0 aliphatic rings. The third kappa shape index (κ3) is 7.23. The van der Waals surface area contributed by atoms with Crippen molar-refractivity contribution >= 4 is 5.97 Å². The van der Waals surface area contributed by atoms with E-state index in [1.54, 1.807) is 14.2 Å². The van der Waals surface area contributed by atoms with Crippen LogP contribution >= 0.6 is 0 Å². The van der Waals surface area contributed by atoms with Crippen molar-refractivity contribution in [2.24, 2.45) is 0 Å². The van der Waals surface area contributed by atoms with Crippen LogP contribution in [0.2, 0.25) is 0 Å². The fourth-order valence-electron chi connectivity index (χ4n) is 1.68. The molecule has 0 saturated carbocycles. The number of nitrogens with zero attached hydrogens (tertiary/aromatic N) is 1. The molecule has 0 atom stereocenters. The highest BCUT2D eigenvalue weighted by atomic mass is 16.5. The Labute approximate surface area is 120 Å². The Kier molecular flexibility index (Phi) is 8.62. The molecule has 20 heavy (non-hydrogen) atoms. The van der Waals surface area contributed by atoms with E-state index in [2.05, 4.69) is 0 Å². The molecule has 0 fully saturated rings. The first kappa shape index (κ1) is 16.6. The van der Waals surface area contributed by atoms with Crippen LogP contribution in [-0.2, 0) is 25.6 Å². The van der Waals surface area contributed by atoms with Gasteiger partial charge in [-0.15, -0.1) is 0 Å². The maximum absolute atomic E-state index is 11.8. The highest BCUT2D eigenvalue weighted by Crippen LogP contribution is 2.01. The summed E-state index contributed by atoms with van der Waals surface area (Å²) in [6.45, 7) is 3.08. The topological polar surface area (TPSA) is 48.0 Å². The molecule has 1 rings (SSSR count). The molecular formula is C15H23NO4. The Hall–Kier alpha value is -1.43. The van der Waals surface area contributed by atoms with Gasteiger partial charge in [0, 0.05) is 27.3 Å². The standard InChI is InChI=1S/C15H23NO4/c1-18-10-8-16(9-11-19-2)12-15(17)20-13-14-6-4-3-5-7-14/h3-7H,8-13H2,1-2H3. The number of carbonyl (C=O) groups is 1. The van der Waals surface area contributed by atoms with Gasteiger partial charge in [0.05, 0.1) is 19.8 Å². The minimum atomic E-state index is -0.235. The Bertz CT molecular complexity index is 361. The van der Waals surface area contributed by atoms with Gasteiger partial charge in [0.25, 0.3) is 0 Å². The fourth-order valence-corrected chi connectivity index (χ4v) is 1.68. The van der Waals surface area contributed by atoms with Crippen LogP contribution in [0.15, 0.2) is 30.3 Å². The number of hydrogen-bond acceptors (Lipinski definition) is 5. The molecular weight excluding hydrogens is 258 g/mol. The highest BCUT2D eigenvalue weighted by Gasteiger charge is 2.11. The minimum Gasteiger partial charge on any atom is -0.460 e. The summed E-state index contributed by atoms with van der Waals surface area (Å²) in [5.41, 5.74) is 0.987. The lowest BCUT2D eigenvalue weighted by Crippen LogP contribution is -2.36. The molecule has 0 N–H and O–H groups in total. The zero-order valence-electron chi connectivity index (χ0n) is 12.2. The van der Waals surface area contributed by atoms with E-state index in [1.165, 1.54) is 0 Å². The van der Waals surface area contributed by atoms with Gasteiger partial charge in [-0.2, -0.15) is 0 Å². The first-order valence-electron chi connectivity index (χ1n) is 6.66. The zero-order valence-corrected chi connectivity index (χ0v) is 12.2. The van der Waals surface area contributed by atoms with Crippen LogP contribution in [0.3, 0.4) is 0 Å². The van der Waals surface area contributed by atoms with Gasteiger partial charge < -0.3 is 14.2 Å². The molecule has 0 amide bonds. The van der Waals surface area contributed by atoms with Crippen LogP contribution in [0.5, 0.6) is 0 Å². The number of rotatable bonds is 10. The molecule has 0 bridgehead atoms. The average molecular weight is 281 g/mol. The monoisotopic (exact) mass is 281 g/mol. The summed E-state index contributed by atoms with van der Waals surface area (Å²) in [6.07, 6.45) is 0. The van der Waals surface area contributed by atoms with Crippen molar-refractivity contribution < 1.29 is 19.0 Å². The molecule has 0 radical (unpaired) electrons. The second-order valence-electron chi connectivity index (χ2n) is 4.41. The summed E-state index contributed by atoms with van der Waals surface area (Å²) < 4.78 is 15.3. The van der Waals surface area contributed by atoms with E-state index in [0.717, 1.165) is 5.56 Å². The lowest BCUT2D eigenvalue weighted by molar-refractivity contribution is -0.146. The van der Waals surface area contributed by atoms with Gasteiger partial charge in [0.2, 0.25) is 0 Å². The molecule has 1 aromatic carbocycles. The number of carbonyl (C=O) groups excluding carboxylic acids is 1. The molecule has 0 spiro atoms. The number of benzene rings is 1. The lowest BCUT2D eigenvalue weighted by atomic mass is 10.2. The maximum Gasteiger partial charge on any atom is 0.320 e. The molecule has 112 valence electrons. The molecule has 5 nitrogen and oxygen atoms in total. The summed E-state index contributed by atoms with van der Waals surface area (Å²) in [5.74, 6) is -0.235. The second-order valence-corrected chi connectivity index (χ2v) is 4.41. The van der Waals surface area contributed by atoms with Crippen molar-refractivity contribution in [3.63, 3.8) is 0 Å². The van der Waals surface area contributed by atoms with E-state index in [0.29, 0.717) is 32.9 Å². The average Bonchev–Trinajstić information content (AvgIpc) is 2.49. The number of ether oxygens (including phenoxy) is 3. The van der Waals surface area contributed by atoms with Crippen molar-refractivity contribution in [3.05, 3.63) is 35.9 Å². The first-order valence-corrected chi connectivity index (χ1v) is 6.66. The summed E-state index contributed by atoms with van der Waals surface area (Å²) in [6, 6.07) is 9.64. The van der Waals surface area contributed by atoms with E-state index in [4.69, 9.17) is 14.2 Å². The van der Waals surface area contributed by atoms with Gasteiger partial charge in [0.15, 0.2) is 0 Å². The summed E-state index contributed by atoms with van der Waals surface area (Å²) in [4.78, 5) is 13.8. The fraction of sp³-hybridized carbons (Fsp3) is 0.533. The number of esters is 1. The smallest absolute Gasteiger partial charge is 0.320 e. The van der Waals surface area contributed by atoms with Crippen molar-refractivity contribution in [2.45, 2.75) is 6.61 Å². The summed E-state index contributed by atoms with van der Waals surface area (Å²) >= 11 is 0. The molecule has 5 heteroatoms. The van der Waals surface area contributed by atoms with Crippen molar-refractivity contribution in [1.82, 2.24) is 4.90 Å². The van der Waals surface area contributed by atoms with E-state index < -0.39 is 0 Å². The lowest BCUT2D eigenvalue weighted by Gasteiger charge is -2.20. The van der Waals surface area contributed by atoms with Crippen molar-refractivity contribution in [2.75, 3.05) is 47.1 Å². The van der Waals surface area contributed by atoms with Gasteiger partial charge >= 0.3 is 5.97 Å². The molecule has 0 aromatic heterocycles. The number of methoxy groups -OCH3 is 2. The summed E-state index contributed by atoms with van der Waals surface area (Å²) in [5, 5.41) is 0. The van der Waals surface area contributed by atoms with Crippen molar-refractivity contribution in [1.29, 1.82) is 0 Å². The van der Waals surface area contributed by atoms with Crippen LogP contribution in [0.4, 0.5) is 0 Å². The van der Waals surface area contributed by atoms with Crippen LogP contribution in [-0.4, -0.2) is 57.9 Å². The second kappa shape index (κ2) is 10.4. The number of hydrogen-bond donors (Lipinski definition) is 0. The van der Waals surface area contributed by atoms with Gasteiger partial charge in [-0.1, -0.05) is 30.3 Å². The van der Waals surface area contributed by atoms with E-state index >= 15 is 0 Å². The Morgan fingerprint density at radius 3 is 2.20 bits per heavy atom. The van der Waals surface area contributed by atoms with E-state index in [-0.39, 0.29) is 12.5 Å². The third-order valence-corrected chi connectivity index (χ3v) is 2.82. The molecule has 0 heterocycles. The summed E-state index contributed by atoms with van der Waals surface area (Å²) in [7, 11) is 3.28. The van der Waals surface area contributed by atoms with Crippen LogP contribution in [0.25, 0.3) is 0 Å². The van der Waals surface area contributed by atoms with Gasteiger partial charge in [-0.3, -0.25) is 9.69 Å². The predicted molar refractivity (Wildman–Crippen MR) is 76.4 cm³/mol. The quantitative estimate of drug-likeness (QED) is 0.605. The molecule has 0 aliphatic heterocycles. The molecule has 0 aliphatic carbocycles. The predicted octanol–water partition coefficient (Wildman–Crippen LogP) is 1.32. The Morgan fingerprint density at radius 1 is 1.05 bits per heavy atom. The maximum atomic E-state index is 11.8.